The van der Waals surface area contributed by atoms with Crippen LogP contribution in [0.4, 0.5) is 4.79 Å². The molecule has 27 heavy (non-hydrogen) atoms. The Labute approximate surface area is 157 Å². The van der Waals surface area contributed by atoms with Crippen molar-refractivity contribution in [2.24, 2.45) is 0 Å². The smallest absolute Gasteiger partial charge is 0.408 e. The molecular weight excluding hydrogens is 348 g/mol. The van der Waals surface area contributed by atoms with Crippen LogP contribution >= 0.6 is 0 Å². The van der Waals surface area contributed by atoms with E-state index in [0.29, 0.717) is 0 Å². The fourth-order valence-corrected chi connectivity index (χ4v) is 2.32. The summed E-state index contributed by atoms with van der Waals surface area (Å²) in [6, 6.07) is 17.6. The van der Waals surface area contributed by atoms with E-state index in [0.717, 1.165) is 11.1 Å². The summed E-state index contributed by atoms with van der Waals surface area (Å²) in [4.78, 5) is 35.7. The van der Waals surface area contributed by atoms with E-state index in [1.165, 1.54) is 7.11 Å². The van der Waals surface area contributed by atoms with Gasteiger partial charge in [0, 0.05) is 6.42 Å². The van der Waals surface area contributed by atoms with Crippen LogP contribution in [0.25, 0.3) is 0 Å². The summed E-state index contributed by atoms with van der Waals surface area (Å²) in [6.45, 7) is -0.185. The zero-order chi connectivity index (χ0) is 19.5. The number of ether oxygens (including phenoxy) is 2. The summed E-state index contributed by atoms with van der Waals surface area (Å²) >= 11 is 0. The number of hydrogen-bond donors (Lipinski definition) is 2. The minimum Gasteiger partial charge on any atom is -0.468 e. The average Bonchev–Trinajstić information content (AvgIpc) is 2.71. The molecular formula is C20H22N2O5. The maximum absolute atomic E-state index is 12.4. The van der Waals surface area contributed by atoms with Crippen molar-refractivity contribution >= 4 is 18.0 Å². The molecule has 0 saturated carbocycles. The lowest BCUT2D eigenvalue weighted by Gasteiger charge is -2.18. The fraction of sp³-hybridized carbons (Fsp3) is 0.250. The minimum atomic E-state index is -0.889. The number of benzene rings is 2. The van der Waals surface area contributed by atoms with Crippen LogP contribution in [0.5, 0.6) is 0 Å². The Morgan fingerprint density at radius 1 is 0.926 bits per heavy atom. The van der Waals surface area contributed by atoms with Crippen molar-refractivity contribution in [2.45, 2.75) is 19.1 Å². The first kappa shape index (κ1) is 20.0. The number of esters is 1. The van der Waals surface area contributed by atoms with Gasteiger partial charge < -0.3 is 20.1 Å². The van der Waals surface area contributed by atoms with Crippen LogP contribution in [0, 0.1) is 0 Å². The first-order valence-corrected chi connectivity index (χ1v) is 8.44. The molecule has 0 heterocycles. The third-order valence-electron chi connectivity index (χ3n) is 3.74. The molecule has 0 radical (unpaired) electrons. The Kier molecular flexibility index (Phi) is 7.84. The lowest BCUT2D eigenvalue weighted by atomic mass is 10.1. The van der Waals surface area contributed by atoms with Crippen LogP contribution in [0.2, 0.25) is 0 Å². The number of amides is 2. The Balaban J connectivity index is 1.96. The zero-order valence-electron chi connectivity index (χ0n) is 15.0. The van der Waals surface area contributed by atoms with Crippen LogP contribution in [0.1, 0.15) is 11.1 Å². The lowest BCUT2D eigenvalue weighted by Crippen LogP contribution is -2.49. The third kappa shape index (κ3) is 7.19. The van der Waals surface area contributed by atoms with Gasteiger partial charge in [0.05, 0.1) is 7.11 Å². The molecule has 0 bridgehead atoms. The van der Waals surface area contributed by atoms with Gasteiger partial charge in [-0.3, -0.25) is 9.59 Å². The first-order chi connectivity index (χ1) is 13.1. The molecule has 0 aliphatic carbocycles. The van der Waals surface area contributed by atoms with Crippen LogP contribution in [0.3, 0.4) is 0 Å². The van der Waals surface area contributed by atoms with Crippen molar-refractivity contribution < 1.29 is 23.9 Å². The van der Waals surface area contributed by atoms with Crippen molar-refractivity contribution in [1.29, 1.82) is 0 Å². The minimum absolute atomic E-state index is 0.0918. The number of alkyl carbamates (subject to hydrolysis) is 1. The third-order valence-corrected chi connectivity index (χ3v) is 3.74. The fourth-order valence-electron chi connectivity index (χ4n) is 2.32. The summed E-state index contributed by atoms with van der Waals surface area (Å²) in [7, 11) is 1.23. The first-order valence-electron chi connectivity index (χ1n) is 8.44. The second-order valence-electron chi connectivity index (χ2n) is 5.74. The molecule has 0 aliphatic rings. The lowest BCUT2D eigenvalue weighted by molar-refractivity contribution is -0.141. The van der Waals surface area contributed by atoms with Gasteiger partial charge in [0.15, 0.2) is 0 Å². The molecule has 2 amide bonds. The molecule has 1 atom stereocenters. The standard InChI is InChI=1S/C20H22N2O5/c1-26-18(23)13-21-19(24)17(12-15-8-4-2-5-9-15)22-20(25)27-14-16-10-6-3-7-11-16/h2-11,17H,12-14H2,1H3,(H,21,24)(H,22,25). The van der Waals surface area contributed by atoms with E-state index in [9.17, 15) is 14.4 Å². The molecule has 0 aromatic heterocycles. The van der Waals surface area contributed by atoms with Gasteiger partial charge in [-0.2, -0.15) is 0 Å². The monoisotopic (exact) mass is 370 g/mol. The van der Waals surface area contributed by atoms with Crippen LogP contribution < -0.4 is 10.6 Å². The summed E-state index contributed by atoms with van der Waals surface area (Å²) in [6.07, 6.45) is -0.457. The van der Waals surface area contributed by atoms with Crippen molar-refractivity contribution in [3.8, 4) is 0 Å². The van der Waals surface area contributed by atoms with Crippen molar-refractivity contribution in [3.63, 3.8) is 0 Å². The predicted molar refractivity (Wildman–Crippen MR) is 98.7 cm³/mol. The van der Waals surface area contributed by atoms with Crippen LogP contribution in [-0.2, 0) is 32.1 Å². The van der Waals surface area contributed by atoms with Gasteiger partial charge in [0.1, 0.15) is 19.2 Å². The number of carbonyl (C=O) groups excluding carboxylic acids is 3. The van der Waals surface area contributed by atoms with Gasteiger partial charge in [-0.1, -0.05) is 60.7 Å². The molecule has 0 spiro atoms. The molecule has 0 saturated heterocycles. The highest BCUT2D eigenvalue weighted by Crippen LogP contribution is 2.05. The topological polar surface area (TPSA) is 93.7 Å². The predicted octanol–water partition coefficient (Wildman–Crippen LogP) is 1.81. The summed E-state index contributed by atoms with van der Waals surface area (Å²) in [5.41, 5.74) is 1.70. The van der Waals surface area contributed by atoms with Gasteiger partial charge in [0.25, 0.3) is 0 Å². The Bertz CT molecular complexity index is 749. The molecule has 7 heteroatoms. The number of nitrogens with one attached hydrogen (secondary N) is 2. The second-order valence-corrected chi connectivity index (χ2v) is 5.74. The van der Waals surface area contributed by atoms with Crippen LogP contribution in [-0.4, -0.2) is 37.7 Å². The molecule has 142 valence electrons. The van der Waals surface area contributed by atoms with Crippen molar-refractivity contribution in [2.75, 3.05) is 13.7 Å². The summed E-state index contributed by atoms with van der Waals surface area (Å²) in [5.74, 6) is -1.07. The molecule has 1 unspecified atom stereocenters. The highest BCUT2D eigenvalue weighted by molar-refractivity contribution is 5.88. The Morgan fingerprint density at radius 2 is 1.52 bits per heavy atom. The van der Waals surface area contributed by atoms with Gasteiger partial charge in [-0.05, 0) is 11.1 Å². The molecule has 2 N–H and O–H groups in total. The Hall–Kier alpha value is -3.35. The second kappa shape index (κ2) is 10.6. The molecule has 0 aliphatic heterocycles. The van der Waals surface area contributed by atoms with E-state index in [1.54, 1.807) is 0 Å². The van der Waals surface area contributed by atoms with Gasteiger partial charge >= 0.3 is 12.1 Å². The van der Waals surface area contributed by atoms with Crippen LogP contribution in [0.15, 0.2) is 60.7 Å². The molecule has 7 nitrogen and oxygen atoms in total. The van der Waals surface area contributed by atoms with E-state index < -0.39 is 24.0 Å². The highest BCUT2D eigenvalue weighted by atomic mass is 16.5. The number of carbonyl (C=O) groups is 3. The Morgan fingerprint density at radius 3 is 2.11 bits per heavy atom. The SMILES string of the molecule is COC(=O)CNC(=O)C(Cc1ccccc1)NC(=O)OCc1ccccc1. The van der Waals surface area contributed by atoms with Gasteiger partial charge in [-0.15, -0.1) is 0 Å². The summed E-state index contributed by atoms with van der Waals surface area (Å²) < 4.78 is 9.67. The molecule has 2 rings (SSSR count). The van der Waals surface area contributed by atoms with E-state index >= 15 is 0 Å². The quantitative estimate of drug-likeness (QED) is 0.691. The largest absolute Gasteiger partial charge is 0.468 e. The van der Waals surface area contributed by atoms with E-state index in [1.807, 2.05) is 60.7 Å². The number of hydrogen-bond acceptors (Lipinski definition) is 5. The van der Waals surface area contributed by atoms with Gasteiger partial charge in [-0.25, -0.2) is 4.79 Å². The maximum Gasteiger partial charge on any atom is 0.408 e. The normalized spacial score (nSPS) is 11.1. The van der Waals surface area contributed by atoms with Crippen molar-refractivity contribution in [1.82, 2.24) is 10.6 Å². The van der Waals surface area contributed by atoms with E-state index in [4.69, 9.17) is 4.74 Å². The van der Waals surface area contributed by atoms with Gasteiger partial charge in [0.2, 0.25) is 5.91 Å². The molecule has 0 fully saturated rings. The molecule has 2 aromatic carbocycles. The number of rotatable bonds is 8. The van der Waals surface area contributed by atoms with E-state index in [-0.39, 0.29) is 19.6 Å². The average molecular weight is 370 g/mol. The molecule has 2 aromatic rings. The van der Waals surface area contributed by atoms with Crippen molar-refractivity contribution in [3.05, 3.63) is 71.8 Å². The number of methoxy groups -OCH3 is 1. The van der Waals surface area contributed by atoms with E-state index in [2.05, 4.69) is 15.4 Å². The maximum atomic E-state index is 12.4. The highest BCUT2D eigenvalue weighted by Gasteiger charge is 2.22. The zero-order valence-corrected chi connectivity index (χ0v) is 15.0. The summed E-state index contributed by atoms with van der Waals surface area (Å²) in [5, 5.41) is 5.00.